The topological polar surface area (TPSA) is 57.5 Å². The fourth-order valence-corrected chi connectivity index (χ4v) is 4.07. The second-order valence-corrected chi connectivity index (χ2v) is 8.75. The normalized spacial score (nSPS) is 11.0. The first-order valence-corrected chi connectivity index (χ1v) is 12.2. The molecule has 34 heavy (non-hydrogen) atoms. The molecular formula is C29H35NO4. The third kappa shape index (κ3) is 6.83. The molecule has 0 saturated heterocycles. The van der Waals surface area contributed by atoms with Gasteiger partial charge < -0.3 is 14.0 Å². The van der Waals surface area contributed by atoms with Gasteiger partial charge in [-0.1, -0.05) is 62.6 Å². The Balaban J connectivity index is 1.55. The quantitative estimate of drug-likeness (QED) is 0.161. The number of benzene rings is 2. The molecule has 0 radical (unpaired) electrons. The van der Waals surface area contributed by atoms with Gasteiger partial charge >= 0.3 is 5.97 Å². The van der Waals surface area contributed by atoms with Crippen molar-refractivity contribution in [2.45, 2.75) is 58.4 Å². The molecule has 0 bridgehead atoms. The van der Waals surface area contributed by atoms with Gasteiger partial charge in [0.1, 0.15) is 5.75 Å². The summed E-state index contributed by atoms with van der Waals surface area (Å²) >= 11 is 0. The van der Waals surface area contributed by atoms with E-state index in [0.29, 0.717) is 18.8 Å². The van der Waals surface area contributed by atoms with Gasteiger partial charge in [0.05, 0.1) is 18.7 Å². The van der Waals surface area contributed by atoms with Gasteiger partial charge in [0, 0.05) is 23.7 Å². The fraction of sp³-hybridized carbons (Fsp3) is 0.379. The summed E-state index contributed by atoms with van der Waals surface area (Å²) in [6.07, 6.45) is 7.45. The van der Waals surface area contributed by atoms with Gasteiger partial charge in [0.25, 0.3) is 5.56 Å². The Labute approximate surface area is 202 Å². The lowest BCUT2D eigenvalue weighted by atomic mass is 10.0. The lowest BCUT2D eigenvalue weighted by molar-refractivity contribution is -0.137. The fourth-order valence-electron chi connectivity index (χ4n) is 4.07. The molecule has 0 aliphatic rings. The minimum Gasteiger partial charge on any atom is -0.494 e. The van der Waals surface area contributed by atoms with Crippen molar-refractivity contribution in [3.63, 3.8) is 0 Å². The van der Waals surface area contributed by atoms with E-state index in [9.17, 15) is 9.59 Å². The minimum absolute atomic E-state index is 0.0186. The number of hydrogen-bond acceptors (Lipinski definition) is 4. The summed E-state index contributed by atoms with van der Waals surface area (Å²) in [5.41, 5.74) is 2.57. The molecule has 5 nitrogen and oxygen atoms in total. The molecule has 0 atom stereocenters. The zero-order valence-electron chi connectivity index (χ0n) is 20.3. The number of rotatable bonds is 13. The Kier molecular flexibility index (Phi) is 9.51. The van der Waals surface area contributed by atoms with Gasteiger partial charge in [-0.05, 0) is 55.8 Å². The molecule has 0 aliphatic carbocycles. The monoisotopic (exact) mass is 461 g/mol. The highest BCUT2D eigenvalue weighted by Crippen LogP contribution is 2.26. The van der Waals surface area contributed by atoms with Crippen molar-refractivity contribution in [2.75, 3.05) is 13.2 Å². The number of esters is 1. The standard InChI is InChI=1S/C29H35NO4/c1-4-28(31)34-19-13-8-6-5-7-12-18-33-25-17-16-24-20-26(23-14-10-9-11-15-23)29(32)30(22(2)3)27(24)21-25/h4,9-11,14-17,20-22H,1,5-8,12-13,18-19H2,2-3H3. The number of aromatic nitrogens is 1. The van der Waals surface area contributed by atoms with Crippen LogP contribution in [0.4, 0.5) is 0 Å². The summed E-state index contributed by atoms with van der Waals surface area (Å²) in [4.78, 5) is 24.3. The summed E-state index contributed by atoms with van der Waals surface area (Å²) < 4.78 is 12.8. The highest BCUT2D eigenvalue weighted by atomic mass is 16.5. The maximum Gasteiger partial charge on any atom is 0.330 e. The molecular weight excluding hydrogens is 426 g/mol. The Hall–Kier alpha value is -3.34. The smallest absolute Gasteiger partial charge is 0.330 e. The largest absolute Gasteiger partial charge is 0.494 e. The molecule has 0 aliphatic heterocycles. The van der Waals surface area contributed by atoms with E-state index in [4.69, 9.17) is 9.47 Å². The zero-order chi connectivity index (χ0) is 24.3. The van der Waals surface area contributed by atoms with E-state index in [-0.39, 0.29) is 17.6 Å². The Morgan fingerprint density at radius 1 is 0.941 bits per heavy atom. The van der Waals surface area contributed by atoms with Crippen LogP contribution in [0.2, 0.25) is 0 Å². The third-order valence-electron chi connectivity index (χ3n) is 5.83. The van der Waals surface area contributed by atoms with E-state index in [1.807, 2.05) is 73.0 Å². The Morgan fingerprint density at radius 2 is 1.62 bits per heavy atom. The lowest BCUT2D eigenvalue weighted by Gasteiger charge is -2.17. The zero-order valence-corrected chi connectivity index (χ0v) is 20.3. The van der Waals surface area contributed by atoms with E-state index >= 15 is 0 Å². The van der Waals surface area contributed by atoms with Gasteiger partial charge in [0.15, 0.2) is 0 Å². The van der Waals surface area contributed by atoms with Gasteiger partial charge in [-0.15, -0.1) is 0 Å². The van der Waals surface area contributed by atoms with Crippen LogP contribution in [-0.2, 0) is 9.53 Å². The molecule has 0 N–H and O–H groups in total. The average molecular weight is 462 g/mol. The predicted molar refractivity (Wildman–Crippen MR) is 138 cm³/mol. The maximum absolute atomic E-state index is 13.3. The van der Waals surface area contributed by atoms with Crippen molar-refractivity contribution >= 4 is 16.9 Å². The number of pyridine rings is 1. The first kappa shape index (κ1) is 25.3. The van der Waals surface area contributed by atoms with Crippen molar-refractivity contribution < 1.29 is 14.3 Å². The highest BCUT2D eigenvalue weighted by Gasteiger charge is 2.14. The number of hydrogen-bond donors (Lipinski definition) is 0. The van der Waals surface area contributed by atoms with Gasteiger partial charge in [-0.3, -0.25) is 4.79 Å². The van der Waals surface area contributed by atoms with E-state index in [2.05, 4.69) is 6.58 Å². The molecule has 0 unspecified atom stereocenters. The first-order chi connectivity index (χ1) is 16.5. The van der Waals surface area contributed by atoms with Crippen LogP contribution in [0.15, 0.2) is 72.0 Å². The lowest BCUT2D eigenvalue weighted by Crippen LogP contribution is -2.23. The second-order valence-electron chi connectivity index (χ2n) is 8.75. The van der Waals surface area contributed by atoms with Crippen molar-refractivity contribution in [1.82, 2.24) is 4.57 Å². The van der Waals surface area contributed by atoms with E-state index < -0.39 is 0 Å². The molecule has 3 rings (SSSR count). The van der Waals surface area contributed by atoms with Crippen LogP contribution in [0, 0.1) is 0 Å². The Bertz CT molecular complexity index is 1150. The molecule has 0 saturated carbocycles. The SMILES string of the molecule is C=CC(=O)OCCCCCCCCOc1ccc2cc(-c3ccccc3)c(=O)n(C(C)C)c2c1. The molecule has 180 valence electrons. The maximum atomic E-state index is 13.3. The highest BCUT2D eigenvalue weighted by molar-refractivity contribution is 5.85. The number of carbonyl (C=O) groups excluding carboxylic acids is 1. The van der Waals surface area contributed by atoms with Crippen molar-refractivity contribution in [2.24, 2.45) is 0 Å². The molecule has 5 heteroatoms. The molecule has 3 aromatic rings. The molecule has 1 aromatic heterocycles. The Morgan fingerprint density at radius 3 is 2.29 bits per heavy atom. The van der Waals surface area contributed by atoms with Crippen LogP contribution in [0.3, 0.4) is 0 Å². The van der Waals surface area contributed by atoms with Gasteiger partial charge in [-0.25, -0.2) is 4.79 Å². The summed E-state index contributed by atoms with van der Waals surface area (Å²) in [5, 5.41) is 1.03. The number of nitrogens with zero attached hydrogens (tertiary/aromatic N) is 1. The van der Waals surface area contributed by atoms with Crippen LogP contribution < -0.4 is 10.3 Å². The second kappa shape index (κ2) is 12.8. The van der Waals surface area contributed by atoms with Crippen LogP contribution >= 0.6 is 0 Å². The summed E-state index contributed by atoms with van der Waals surface area (Å²) in [6.45, 7) is 8.56. The number of carbonyl (C=O) groups is 1. The van der Waals surface area contributed by atoms with Crippen molar-refractivity contribution in [1.29, 1.82) is 0 Å². The molecule has 1 heterocycles. The average Bonchev–Trinajstić information content (AvgIpc) is 2.84. The molecule has 0 amide bonds. The predicted octanol–water partition coefficient (Wildman–Crippen LogP) is 6.70. The van der Waals surface area contributed by atoms with Crippen LogP contribution in [0.1, 0.15) is 58.4 Å². The third-order valence-corrected chi connectivity index (χ3v) is 5.83. The van der Waals surface area contributed by atoms with E-state index in [1.54, 1.807) is 0 Å². The van der Waals surface area contributed by atoms with Crippen LogP contribution in [0.25, 0.3) is 22.0 Å². The molecule has 0 fully saturated rings. The van der Waals surface area contributed by atoms with E-state index in [0.717, 1.165) is 60.7 Å². The summed E-state index contributed by atoms with van der Waals surface area (Å²) in [5.74, 6) is 0.436. The minimum atomic E-state index is -0.354. The van der Waals surface area contributed by atoms with Crippen molar-refractivity contribution in [3.05, 3.63) is 77.6 Å². The van der Waals surface area contributed by atoms with E-state index in [1.165, 1.54) is 6.08 Å². The summed E-state index contributed by atoms with van der Waals surface area (Å²) in [7, 11) is 0. The number of ether oxygens (including phenoxy) is 2. The molecule has 0 spiro atoms. The molecule has 2 aromatic carbocycles. The number of fused-ring (bicyclic) bond motifs is 1. The van der Waals surface area contributed by atoms with Gasteiger partial charge in [-0.2, -0.15) is 0 Å². The number of unbranched alkanes of at least 4 members (excludes halogenated alkanes) is 5. The van der Waals surface area contributed by atoms with Crippen LogP contribution in [-0.4, -0.2) is 23.8 Å². The van der Waals surface area contributed by atoms with Crippen molar-refractivity contribution in [3.8, 4) is 16.9 Å². The van der Waals surface area contributed by atoms with Gasteiger partial charge in [0.2, 0.25) is 0 Å². The summed E-state index contributed by atoms with van der Waals surface area (Å²) in [6, 6.07) is 17.8. The van der Waals surface area contributed by atoms with Crippen LogP contribution in [0.5, 0.6) is 5.75 Å². The first-order valence-electron chi connectivity index (χ1n) is 12.2.